The molecule has 0 radical (unpaired) electrons. The lowest BCUT2D eigenvalue weighted by Gasteiger charge is -2.50. The van der Waals surface area contributed by atoms with Gasteiger partial charge in [0.15, 0.2) is 0 Å². The summed E-state index contributed by atoms with van der Waals surface area (Å²) in [5.74, 6) is 0.528. The first kappa shape index (κ1) is 9.47. The van der Waals surface area contributed by atoms with Crippen LogP contribution in [-0.4, -0.2) is 35.2 Å². The highest BCUT2D eigenvalue weighted by Crippen LogP contribution is 2.40. The van der Waals surface area contributed by atoms with Crippen molar-refractivity contribution in [2.45, 2.75) is 50.7 Å². The van der Waals surface area contributed by atoms with Crippen molar-refractivity contribution >= 4 is 0 Å². The number of fused-ring (bicyclic) bond motifs is 1. The fourth-order valence-corrected chi connectivity index (χ4v) is 3.12. The van der Waals surface area contributed by atoms with Gasteiger partial charge in [-0.05, 0) is 33.2 Å². The Balaban J connectivity index is 2.14. The predicted octanol–water partition coefficient (Wildman–Crippen LogP) is 1.63. The molecule has 0 amide bonds. The van der Waals surface area contributed by atoms with Crippen molar-refractivity contribution in [2.24, 2.45) is 5.92 Å². The van der Waals surface area contributed by atoms with Crippen molar-refractivity contribution in [2.75, 3.05) is 13.6 Å². The minimum absolute atomic E-state index is 0.391. The average molecular weight is 183 g/mol. The summed E-state index contributed by atoms with van der Waals surface area (Å²) in [4.78, 5) is 2.45. The van der Waals surface area contributed by atoms with Crippen molar-refractivity contribution in [3.63, 3.8) is 0 Å². The third-order valence-corrected chi connectivity index (χ3v) is 4.07. The second kappa shape index (κ2) is 3.25. The maximum atomic E-state index is 10.3. The molecule has 1 saturated carbocycles. The predicted molar refractivity (Wildman–Crippen MR) is 53.6 cm³/mol. The van der Waals surface area contributed by atoms with Crippen LogP contribution in [0.15, 0.2) is 0 Å². The van der Waals surface area contributed by atoms with E-state index >= 15 is 0 Å². The standard InChI is InChI=1S/C11H21NO/c1-11(13)7-8-12(2)10-6-4-3-5-9(10)11/h9-10,13H,3-8H2,1-2H3/t9-,10+,11+/m0/s1. The van der Waals surface area contributed by atoms with E-state index in [0.717, 1.165) is 13.0 Å². The topological polar surface area (TPSA) is 23.5 Å². The molecule has 1 aliphatic carbocycles. The van der Waals surface area contributed by atoms with E-state index in [0.29, 0.717) is 12.0 Å². The molecule has 2 nitrogen and oxygen atoms in total. The van der Waals surface area contributed by atoms with E-state index in [4.69, 9.17) is 0 Å². The van der Waals surface area contributed by atoms with E-state index in [2.05, 4.69) is 11.9 Å². The molecule has 2 fully saturated rings. The number of rotatable bonds is 0. The summed E-state index contributed by atoms with van der Waals surface area (Å²) in [5.41, 5.74) is -0.391. The molecule has 13 heavy (non-hydrogen) atoms. The van der Waals surface area contributed by atoms with Crippen LogP contribution in [0.1, 0.15) is 39.0 Å². The monoisotopic (exact) mass is 183 g/mol. The van der Waals surface area contributed by atoms with Gasteiger partial charge in [-0.2, -0.15) is 0 Å². The fraction of sp³-hybridized carbons (Fsp3) is 1.00. The molecular formula is C11H21NO. The van der Waals surface area contributed by atoms with Gasteiger partial charge >= 0.3 is 0 Å². The Morgan fingerprint density at radius 1 is 1.31 bits per heavy atom. The van der Waals surface area contributed by atoms with E-state index < -0.39 is 5.60 Å². The van der Waals surface area contributed by atoms with Crippen LogP contribution in [0, 0.1) is 5.92 Å². The lowest BCUT2D eigenvalue weighted by Crippen LogP contribution is -2.56. The summed E-state index contributed by atoms with van der Waals surface area (Å²) in [7, 11) is 2.21. The fourth-order valence-electron chi connectivity index (χ4n) is 3.12. The van der Waals surface area contributed by atoms with Gasteiger partial charge in [-0.3, -0.25) is 0 Å². The van der Waals surface area contributed by atoms with Crippen LogP contribution in [0.4, 0.5) is 0 Å². The lowest BCUT2D eigenvalue weighted by atomic mass is 9.70. The molecule has 2 rings (SSSR count). The summed E-state index contributed by atoms with van der Waals surface area (Å²) < 4.78 is 0. The zero-order valence-corrected chi connectivity index (χ0v) is 8.79. The number of aliphatic hydroxyl groups is 1. The molecule has 0 bridgehead atoms. The van der Waals surface area contributed by atoms with Gasteiger partial charge in [-0.25, -0.2) is 0 Å². The van der Waals surface area contributed by atoms with Crippen LogP contribution in [0.25, 0.3) is 0 Å². The SMILES string of the molecule is CN1CC[C@@](C)(O)[C@H]2CCCC[C@H]21. The van der Waals surface area contributed by atoms with Crippen LogP contribution in [0.5, 0.6) is 0 Å². The highest BCUT2D eigenvalue weighted by atomic mass is 16.3. The molecule has 0 unspecified atom stereocenters. The Hall–Kier alpha value is -0.0800. The van der Waals surface area contributed by atoms with Crippen molar-refractivity contribution < 1.29 is 5.11 Å². The maximum absolute atomic E-state index is 10.3. The van der Waals surface area contributed by atoms with Crippen molar-refractivity contribution in [1.82, 2.24) is 4.90 Å². The third-order valence-electron chi connectivity index (χ3n) is 4.07. The Morgan fingerprint density at radius 3 is 2.69 bits per heavy atom. The molecule has 1 N–H and O–H groups in total. The van der Waals surface area contributed by atoms with Gasteiger partial charge in [0.1, 0.15) is 0 Å². The van der Waals surface area contributed by atoms with E-state index in [1.165, 1.54) is 25.7 Å². The second-order valence-electron chi connectivity index (χ2n) is 5.05. The minimum atomic E-state index is -0.391. The zero-order valence-electron chi connectivity index (χ0n) is 8.79. The molecule has 0 aromatic heterocycles. The molecule has 0 aromatic rings. The van der Waals surface area contributed by atoms with Crippen molar-refractivity contribution in [1.29, 1.82) is 0 Å². The van der Waals surface area contributed by atoms with Crippen LogP contribution in [0.2, 0.25) is 0 Å². The van der Waals surface area contributed by atoms with Gasteiger partial charge in [0.2, 0.25) is 0 Å². The summed E-state index contributed by atoms with van der Waals surface area (Å²) in [6.07, 6.45) is 6.12. The Morgan fingerprint density at radius 2 is 2.00 bits per heavy atom. The molecule has 2 heteroatoms. The first-order valence-corrected chi connectivity index (χ1v) is 5.54. The van der Waals surface area contributed by atoms with Gasteiger partial charge in [0.05, 0.1) is 5.60 Å². The second-order valence-corrected chi connectivity index (χ2v) is 5.05. The molecule has 1 saturated heterocycles. The van der Waals surface area contributed by atoms with E-state index in [1.807, 2.05) is 6.92 Å². The molecule has 0 spiro atoms. The highest BCUT2D eigenvalue weighted by molar-refractivity contribution is 4.97. The summed E-state index contributed by atoms with van der Waals surface area (Å²) in [6.45, 7) is 3.09. The third kappa shape index (κ3) is 1.62. The smallest absolute Gasteiger partial charge is 0.0674 e. The van der Waals surface area contributed by atoms with E-state index in [-0.39, 0.29) is 0 Å². The molecule has 76 valence electrons. The Labute approximate surface area is 80.9 Å². The van der Waals surface area contributed by atoms with Crippen molar-refractivity contribution in [3.8, 4) is 0 Å². The van der Waals surface area contributed by atoms with Crippen LogP contribution < -0.4 is 0 Å². The minimum Gasteiger partial charge on any atom is -0.390 e. The van der Waals surface area contributed by atoms with Gasteiger partial charge in [0.25, 0.3) is 0 Å². The van der Waals surface area contributed by atoms with E-state index in [9.17, 15) is 5.11 Å². The quantitative estimate of drug-likeness (QED) is 0.617. The number of hydrogen-bond donors (Lipinski definition) is 1. The Kier molecular flexibility index (Phi) is 2.37. The Bertz CT molecular complexity index is 191. The zero-order chi connectivity index (χ0) is 9.47. The lowest BCUT2D eigenvalue weighted by molar-refractivity contribution is -0.0958. The number of piperidine rings is 1. The number of nitrogens with zero attached hydrogens (tertiary/aromatic N) is 1. The molecule has 1 heterocycles. The highest BCUT2D eigenvalue weighted by Gasteiger charge is 2.43. The first-order valence-electron chi connectivity index (χ1n) is 5.54. The molecular weight excluding hydrogens is 162 g/mol. The largest absolute Gasteiger partial charge is 0.390 e. The molecule has 0 aromatic carbocycles. The summed E-state index contributed by atoms with van der Waals surface area (Å²) in [6, 6.07) is 0.650. The molecule has 3 atom stereocenters. The maximum Gasteiger partial charge on any atom is 0.0674 e. The average Bonchev–Trinajstić information content (AvgIpc) is 2.13. The van der Waals surface area contributed by atoms with Crippen molar-refractivity contribution in [3.05, 3.63) is 0 Å². The summed E-state index contributed by atoms with van der Waals surface area (Å²) >= 11 is 0. The molecule has 1 aliphatic heterocycles. The van der Waals surface area contributed by atoms with E-state index in [1.54, 1.807) is 0 Å². The number of hydrogen-bond acceptors (Lipinski definition) is 2. The van der Waals surface area contributed by atoms with Gasteiger partial charge in [-0.1, -0.05) is 12.8 Å². The normalized spacial score (nSPS) is 47.3. The van der Waals surface area contributed by atoms with Crippen LogP contribution in [-0.2, 0) is 0 Å². The van der Waals surface area contributed by atoms with Gasteiger partial charge < -0.3 is 10.0 Å². The summed E-state index contributed by atoms with van der Waals surface area (Å²) in [5, 5.41) is 10.3. The first-order chi connectivity index (χ1) is 6.11. The number of likely N-dealkylation sites (tertiary alicyclic amines) is 1. The van der Waals surface area contributed by atoms with Gasteiger partial charge in [-0.15, -0.1) is 0 Å². The van der Waals surface area contributed by atoms with Crippen LogP contribution >= 0.6 is 0 Å². The molecule has 2 aliphatic rings. The van der Waals surface area contributed by atoms with Crippen LogP contribution in [0.3, 0.4) is 0 Å². The van der Waals surface area contributed by atoms with Gasteiger partial charge in [0, 0.05) is 18.5 Å².